The van der Waals surface area contributed by atoms with Crippen LogP contribution in [0.4, 0.5) is 18.9 Å². The van der Waals surface area contributed by atoms with E-state index in [1.807, 2.05) is 0 Å². The lowest BCUT2D eigenvalue weighted by Gasteiger charge is -2.16. The van der Waals surface area contributed by atoms with Crippen molar-refractivity contribution in [2.24, 2.45) is 0 Å². The second kappa shape index (κ2) is 6.22. The maximum atomic E-state index is 13.1. The number of hydrogen-bond acceptors (Lipinski definition) is 4. The molecule has 21 heavy (non-hydrogen) atoms. The van der Waals surface area contributed by atoms with Gasteiger partial charge in [-0.05, 0) is 28.1 Å². The first-order chi connectivity index (χ1) is 9.81. The second-order valence-electron chi connectivity index (χ2n) is 3.92. The third kappa shape index (κ3) is 3.87. The smallest absolute Gasteiger partial charge is 0.379 e. The summed E-state index contributed by atoms with van der Waals surface area (Å²) in [4.78, 5) is 4.52. The van der Waals surface area contributed by atoms with Crippen LogP contribution in [0, 0.1) is 11.3 Å². The van der Waals surface area contributed by atoms with Crippen LogP contribution < -0.4 is 5.32 Å². The van der Waals surface area contributed by atoms with Crippen LogP contribution in [0.5, 0.6) is 0 Å². The molecule has 1 heterocycles. The van der Waals surface area contributed by atoms with Crippen molar-refractivity contribution < 1.29 is 13.2 Å². The summed E-state index contributed by atoms with van der Waals surface area (Å²) in [6.45, 7) is 0.151. The number of nitrogens with one attached hydrogen (secondary N) is 1. The van der Waals surface area contributed by atoms with Crippen molar-refractivity contribution in [3.05, 3.63) is 43.3 Å². The fourth-order valence-electron chi connectivity index (χ4n) is 1.62. The van der Waals surface area contributed by atoms with E-state index in [-0.39, 0.29) is 22.3 Å². The van der Waals surface area contributed by atoms with Crippen molar-refractivity contribution in [2.75, 3.05) is 5.32 Å². The number of benzene rings is 1. The highest BCUT2D eigenvalue weighted by Crippen LogP contribution is 2.40. The van der Waals surface area contributed by atoms with Gasteiger partial charge in [-0.2, -0.15) is 18.4 Å². The Morgan fingerprint density at radius 1 is 1.43 bits per heavy atom. The molecule has 0 amide bonds. The van der Waals surface area contributed by atoms with E-state index in [9.17, 15) is 13.2 Å². The number of nitrogens with zero attached hydrogens (tertiary/aromatic N) is 2. The van der Waals surface area contributed by atoms with Crippen molar-refractivity contribution in [1.29, 1.82) is 5.26 Å². The summed E-state index contributed by atoms with van der Waals surface area (Å²) < 4.78 is 39.7. The molecular formula is C12H6BrClF3N3S. The Kier molecular flexibility index (Phi) is 4.76. The first kappa shape index (κ1) is 16.1. The molecule has 0 atom stereocenters. The molecule has 1 aromatic heterocycles. The van der Waals surface area contributed by atoms with E-state index in [0.29, 0.717) is 9.34 Å². The molecule has 0 aliphatic rings. The minimum absolute atomic E-state index is 0.0689. The van der Waals surface area contributed by atoms with E-state index in [1.54, 1.807) is 6.07 Å². The van der Waals surface area contributed by atoms with Gasteiger partial charge in [0.2, 0.25) is 0 Å². The monoisotopic (exact) mass is 395 g/mol. The quantitative estimate of drug-likeness (QED) is 0.789. The van der Waals surface area contributed by atoms with Gasteiger partial charge >= 0.3 is 6.18 Å². The number of hydrogen-bond donors (Lipinski definition) is 1. The SMILES string of the molecule is N#Cc1cc(Br)c(NCc2cnc(Cl)s2)c(C(F)(F)F)c1. The highest BCUT2D eigenvalue weighted by molar-refractivity contribution is 9.10. The van der Waals surface area contributed by atoms with Crippen molar-refractivity contribution in [3.8, 4) is 6.07 Å². The second-order valence-corrected chi connectivity index (χ2v) is 6.47. The molecule has 1 aromatic carbocycles. The molecule has 0 spiro atoms. The minimum atomic E-state index is -4.57. The largest absolute Gasteiger partial charge is 0.418 e. The van der Waals surface area contributed by atoms with Crippen LogP contribution >= 0.6 is 38.9 Å². The van der Waals surface area contributed by atoms with Crippen LogP contribution in [-0.4, -0.2) is 4.98 Å². The predicted octanol–water partition coefficient (Wildman–Crippen LogP) is 5.06. The van der Waals surface area contributed by atoms with E-state index >= 15 is 0 Å². The highest BCUT2D eigenvalue weighted by atomic mass is 79.9. The van der Waals surface area contributed by atoms with Crippen LogP contribution in [0.15, 0.2) is 22.8 Å². The van der Waals surface area contributed by atoms with Gasteiger partial charge in [0, 0.05) is 15.5 Å². The van der Waals surface area contributed by atoms with Crippen LogP contribution in [-0.2, 0) is 12.7 Å². The average Bonchev–Trinajstić information content (AvgIpc) is 2.81. The molecule has 0 saturated heterocycles. The Morgan fingerprint density at radius 2 is 2.14 bits per heavy atom. The predicted molar refractivity (Wildman–Crippen MR) is 78.3 cm³/mol. The normalized spacial score (nSPS) is 11.2. The standard InChI is InChI=1S/C12H6BrClF3N3S/c13-9-2-6(3-18)1-8(12(15,16)17)10(9)19-4-7-5-20-11(14)21-7/h1-2,5,19H,4H2. The molecule has 0 unspecified atom stereocenters. The lowest BCUT2D eigenvalue weighted by Crippen LogP contribution is -2.11. The van der Waals surface area contributed by atoms with E-state index < -0.39 is 11.7 Å². The Hall–Kier alpha value is -1.30. The Balaban J connectivity index is 2.35. The Bertz CT molecular complexity index is 709. The van der Waals surface area contributed by atoms with Crippen LogP contribution in [0.25, 0.3) is 0 Å². The summed E-state index contributed by atoms with van der Waals surface area (Å²) in [5.41, 5.74) is -1.09. The van der Waals surface area contributed by atoms with E-state index in [2.05, 4.69) is 26.2 Å². The van der Waals surface area contributed by atoms with E-state index in [4.69, 9.17) is 16.9 Å². The van der Waals surface area contributed by atoms with E-state index in [0.717, 1.165) is 6.07 Å². The van der Waals surface area contributed by atoms with Crippen molar-refractivity contribution in [3.63, 3.8) is 0 Å². The van der Waals surface area contributed by atoms with Gasteiger partial charge in [0.1, 0.15) is 0 Å². The summed E-state index contributed by atoms with van der Waals surface area (Å²) in [5.74, 6) is 0. The van der Waals surface area contributed by atoms with Gasteiger partial charge in [-0.25, -0.2) is 4.98 Å². The van der Waals surface area contributed by atoms with Gasteiger partial charge in [0.05, 0.1) is 29.4 Å². The molecule has 0 saturated carbocycles. The van der Waals surface area contributed by atoms with Crippen molar-refractivity contribution in [1.82, 2.24) is 4.98 Å². The Morgan fingerprint density at radius 3 is 2.67 bits per heavy atom. The van der Waals surface area contributed by atoms with Gasteiger partial charge in [-0.15, -0.1) is 11.3 Å². The number of anilines is 1. The van der Waals surface area contributed by atoms with E-state index in [1.165, 1.54) is 23.6 Å². The molecule has 110 valence electrons. The van der Waals surface area contributed by atoms with Gasteiger partial charge < -0.3 is 5.32 Å². The summed E-state index contributed by atoms with van der Waals surface area (Å²) >= 11 is 9.91. The van der Waals surface area contributed by atoms with Gasteiger partial charge in [0.15, 0.2) is 4.47 Å². The van der Waals surface area contributed by atoms with Gasteiger partial charge in [-0.1, -0.05) is 11.6 Å². The summed E-state index contributed by atoms with van der Waals surface area (Å²) in [7, 11) is 0. The third-order valence-electron chi connectivity index (χ3n) is 2.49. The topological polar surface area (TPSA) is 48.7 Å². The minimum Gasteiger partial charge on any atom is -0.379 e. The summed E-state index contributed by atoms with van der Waals surface area (Å²) in [6, 6.07) is 3.84. The number of halogens is 5. The molecule has 9 heteroatoms. The van der Waals surface area contributed by atoms with Gasteiger partial charge in [-0.3, -0.25) is 0 Å². The zero-order valence-corrected chi connectivity index (χ0v) is 13.3. The van der Waals surface area contributed by atoms with Gasteiger partial charge in [0.25, 0.3) is 0 Å². The molecule has 2 rings (SSSR count). The number of thiazole rings is 1. The summed E-state index contributed by atoms with van der Waals surface area (Å²) in [6.07, 6.45) is -3.08. The molecule has 0 aliphatic carbocycles. The maximum Gasteiger partial charge on any atom is 0.418 e. The van der Waals surface area contributed by atoms with Crippen LogP contribution in [0.1, 0.15) is 16.0 Å². The molecule has 0 radical (unpaired) electrons. The lowest BCUT2D eigenvalue weighted by molar-refractivity contribution is -0.137. The third-order valence-corrected chi connectivity index (χ3v) is 4.23. The molecule has 3 nitrogen and oxygen atoms in total. The fraction of sp³-hybridized carbons (Fsp3) is 0.167. The van der Waals surface area contributed by atoms with Crippen molar-refractivity contribution in [2.45, 2.75) is 12.7 Å². The number of alkyl halides is 3. The summed E-state index contributed by atoms with van der Waals surface area (Å²) in [5, 5.41) is 11.5. The zero-order chi connectivity index (χ0) is 15.6. The number of nitriles is 1. The molecule has 0 bridgehead atoms. The van der Waals surface area contributed by atoms with Crippen LogP contribution in [0.3, 0.4) is 0 Å². The zero-order valence-electron chi connectivity index (χ0n) is 10.1. The van der Waals surface area contributed by atoms with Crippen molar-refractivity contribution >= 4 is 44.6 Å². The highest BCUT2D eigenvalue weighted by Gasteiger charge is 2.35. The first-order valence-corrected chi connectivity index (χ1v) is 7.45. The molecular weight excluding hydrogens is 391 g/mol. The molecule has 1 N–H and O–H groups in total. The molecule has 2 aromatic rings. The molecule has 0 aliphatic heterocycles. The number of aromatic nitrogens is 1. The average molecular weight is 397 g/mol. The van der Waals surface area contributed by atoms with Crippen LogP contribution in [0.2, 0.25) is 4.47 Å². The Labute approximate surface area is 135 Å². The lowest BCUT2D eigenvalue weighted by atomic mass is 10.1. The first-order valence-electron chi connectivity index (χ1n) is 5.46. The fourth-order valence-corrected chi connectivity index (χ4v) is 3.13. The number of rotatable bonds is 3. The molecule has 0 fully saturated rings. The maximum absolute atomic E-state index is 13.1.